The molecular formula is C14H22Cl2O. The van der Waals surface area contributed by atoms with Gasteiger partial charge in [-0.15, -0.1) is 0 Å². The summed E-state index contributed by atoms with van der Waals surface area (Å²) in [5.41, 5.74) is -0.397. The molecule has 0 heterocycles. The number of carbonyl (C=O) groups excluding carboxylic acids is 1. The highest BCUT2D eigenvalue weighted by Crippen LogP contribution is 2.38. The van der Waals surface area contributed by atoms with E-state index in [0.29, 0.717) is 12.8 Å². The molecule has 0 N–H and O–H groups in total. The second-order valence-corrected chi connectivity index (χ2v) is 6.05. The van der Waals surface area contributed by atoms with E-state index < -0.39 is 5.41 Å². The number of halogens is 2. The molecular weight excluding hydrogens is 255 g/mol. The third kappa shape index (κ3) is 5.27. The number of hydrogen-bond donors (Lipinski definition) is 0. The van der Waals surface area contributed by atoms with Crippen LogP contribution in [0.4, 0.5) is 0 Å². The van der Waals surface area contributed by atoms with Crippen molar-refractivity contribution < 1.29 is 4.79 Å². The van der Waals surface area contributed by atoms with Gasteiger partial charge in [0, 0.05) is 15.5 Å². The predicted molar refractivity (Wildman–Crippen MR) is 76.4 cm³/mol. The van der Waals surface area contributed by atoms with Gasteiger partial charge in [-0.2, -0.15) is 0 Å². The smallest absolute Gasteiger partial charge is 0.136 e. The van der Waals surface area contributed by atoms with Gasteiger partial charge in [-0.05, 0) is 39.5 Å². The van der Waals surface area contributed by atoms with Gasteiger partial charge >= 0.3 is 0 Å². The van der Waals surface area contributed by atoms with E-state index in [0.717, 1.165) is 10.1 Å². The van der Waals surface area contributed by atoms with Crippen molar-refractivity contribution >= 4 is 29.0 Å². The summed E-state index contributed by atoms with van der Waals surface area (Å²) in [6, 6.07) is 0. The van der Waals surface area contributed by atoms with Crippen molar-refractivity contribution in [2.75, 3.05) is 0 Å². The highest BCUT2D eigenvalue weighted by molar-refractivity contribution is 6.29. The van der Waals surface area contributed by atoms with Crippen LogP contribution in [0.2, 0.25) is 0 Å². The first-order chi connectivity index (χ1) is 7.72. The first-order valence-corrected chi connectivity index (χ1v) is 6.63. The van der Waals surface area contributed by atoms with Crippen molar-refractivity contribution in [1.29, 1.82) is 0 Å². The lowest BCUT2D eigenvalue weighted by atomic mass is 9.69. The standard InChI is InChI=1S/C14H22Cl2O/c1-10(2)14(13(5)17,8-6-11(3)15)9-7-12(4)16/h6-7,10H,8-9H2,1-5H3/b11-6+,12-7+. The zero-order valence-corrected chi connectivity index (χ0v) is 12.8. The molecule has 0 fully saturated rings. The van der Waals surface area contributed by atoms with E-state index in [1.54, 1.807) is 6.92 Å². The molecule has 1 nitrogen and oxygen atoms in total. The van der Waals surface area contributed by atoms with Crippen molar-refractivity contribution in [1.82, 2.24) is 0 Å². The van der Waals surface area contributed by atoms with E-state index in [4.69, 9.17) is 23.2 Å². The van der Waals surface area contributed by atoms with Gasteiger partial charge in [-0.1, -0.05) is 49.2 Å². The van der Waals surface area contributed by atoms with Crippen LogP contribution in [0.15, 0.2) is 22.2 Å². The maximum Gasteiger partial charge on any atom is 0.136 e. The number of rotatable bonds is 6. The Hall–Kier alpha value is -0.270. The summed E-state index contributed by atoms with van der Waals surface area (Å²) in [5.74, 6) is 0.440. The molecule has 0 aromatic carbocycles. The number of Topliss-reactive ketones (excluding diaryl/α,β-unsaturated/α-hetero) is 1. The summed E-state index contributed by atoms with van der Waals surface area (Å²) >= 11 is 11.7. The minimum Gasteiger partial charge on any atom is -0.299 e. The van der Waals surface area contributed by atoms with Crippen LogP contribution in [0.3, 0.4) is 0 Å². The maximum atomic E-state index is 12.0. The van der Waals surface area contributed by atoms with Crippen molar-refractivity contribution in [2.45, 2.75) is 47.5 Å². The lowest BCUT2D eigenvalue weighted by molar-refractivity contribution is -0.128. The molecule has 0 unspecified atom stereocenters. The molecule has 0 aromatic rings. The summed E-state index contributed by atoms with van der Waals surface area (Å²) in [6.45, 7) is 9.44. The van der Waals surface area contributed by atoms with E-state index >= 15 is 0 Å². The second-order valence-electron chi connectivity index (χ2n) is 4.86. The van der Waals surface area contributed by atoms with Crippen LogP contribution in [-0.4, -0.2) is 5.78 Å². The Morgan fingerprint density at radius 1 is 1.06 bits per heavy atom. The molecule has 17 heavy (non-hydrogen) atoms. The minimum atomic E-state index is -0.397. The van der Waals surface area contributed by atoms with Crippen molar-refractivity contribution in [3.8, 4) is 0 Å². The fourth-order valence-corrected chi connectivity index (χ4v) is 2.05. The van der Waals surface area contributed by atoms with Gasteiger partial charge in [0.15, 0.2) is 0 Å². The Labute approximate surface area is 115 Å². The van der Waals surface area contributed by atoms with Crippen LogP contribution in [-0.2, 0) is 4.79 Å². The number of ketones is 1. The van der Waals surface area contributed by atoms with Gasteiger partial charge in [-0.3, -0.25) is 4.79 Å². The number of hydrogen-bond acceptors (Lipinski definition) is 1. The van der Waals surface area contributed by atoms with E-state index in [-0.39, 0.29) is 11.7 Å². The van der Waals surface area contributed by atoms with Gasteiger partial charge in [0.2, 0.25) is 0 Å². The Bertz CT molecular complexity index is 299. The van der Waals surface area contributed by atoms with Crippen LogP contribution >= 0.6 is 23.2 Å². The van der Waals surface area contributed by atoms with Gasteiger partial charge in [0.1, 0.15) is 5.78 Å². The fraction of sp³-hybridized carbons (Fsp3) is 0.643. The molecule has 0 amide bonds. The Morgan fingerprint density at radius 3 is 1.59 bits per heavy atom. The average molecular weight is 277 g/mol. The highest BCUT2D eigenvalue weighted by Gasteiger charge is 2.36. The van der Waals surface area contributed by atoms with Gasteiger partial charge in [0.25, 0.3) is 0 Å². The van der Waals surface area contributed by atoms with E-state index in [1.807, 2.05) is 26.0 Å². The van der Waals surface area contributed by atoms with E-state index in [9.17, 15) is 4.79 Å². The first kappa shape index (κ1) is 16.7. The van der Waals surface area contributed by atoms with Crippen LogP contribution < -0.4 is 0 Å². The molecule has 3 heteroatoms. The summed E-state index contributed by atoms with van der Waals surface area (Å²) in [6.07, 6.45) is 5.16. The molecule has 0 aromatic heterocycles. The molecule has 0 bridgehead atoms. The van der Waals surface area contributed by atoms with Crippen LogP contribution in [0, 0.1) is 11.3 Å². The largest absolute Gasteiger partial charge is 0.299 e. The summed E-state index contributed by atoms with van der Waals surface area (Å²) < 4.78 is 0. The zero-order chi connectivity index (χ0) is 13.6. The molecule has 0 aliphatic heterocycles. The normalized spacial score (nSPS) is 14.4. The van der Waals surface area contributed by atoms with Crippen LogP contribution in [0.1, 0.15) is 47.5 Å². The van der Waals surface area contributed by atoms with Gasteiger partial charge < -0.3 is 0 Å². The van der Waals surface area contributed by atoms with Crippen molar-refractivity contribution in [2.24, 2.45) is 11.3 Å². The minimum absolute atomic E-state index is 0.191. The molecule has 0 radical (unpaired) electrons. The molecule has 0 aliphatic carbocycles. The lowest BCUT2D eigenvalue weighted by Crippen LogP contribution is -2.34. The summed E-state index contributed by atoms with van der Waals surface area (Å²) in [5, 5.41) is 1.45. The summed E-state index contributed by atoms with van der Waals surface area (Å²) in [7, 11) is 0. The van der Waals surface area contributed by atoms with E-state index in [2.05, 4.69) is 13.8 Å². The quantitative estimate of drug-likeness (QED) is 0.645. The fourth-order valence-electron chi connectivity index (χ4n) is 1.89. The average Bonchev–Trinajstić information content (AvgIpc) is 2.16. The molecule has 0 rings (SSSR count). The lowest BCUT2D eigenvalue weighted by Gasteiger charge is -2.33. The third-order valence-electron chi connectivity index (χ3n) is 3.30. The monoisotopic (exact) mass is 276 g/mol. The van der Waals surface area contributed by atoms with Crippen LogP contribution in [0.25, 0.3) is 0 Å². The SMILES string of the molecule is CC(=O)C(C/C=C(\C)Cl)(C/C=C(\C)Cl)C(C)C. The molecule has 0 saturated carbocycles. The second kappa shape index (κ2) is 7.23. The maximum absolute atomic E-state index is 12.0. The summed E-state index contributed by atoms with van der Waals surface area (Å²) in [4.78, 5) is 12.0. The number of allylic oxidation sites excluding steroid dienone is 4. The third-order valence-corrected chi connectivity index (χ3v) is 3.61. The predicted octanol–water partition coefficient (Wildman–Crippen LogP) is 5.28. The highest BCUT2D eigenvalue weighted by atomic mass is 35.5. The van der Waals surface area contributed by atoms with Crippen molar-refractivity contribution in [3.05, 3.63) is 22.2 Å². The topological polar surface area (TPSA) is 17.1 Å². The number of carbonyl (C=O) groups is 1. The molecule has 0 saturated heterocycles. The van der Waals surface area contributed by atoms with Crippen LogP contribution in [0.5, 0.6) is 0 Å². The van der Waals surface area contributed by atoms with E-state index in [1.165, 1.54) is 0 Å². The Balaban J connectivity index is 5.21. The molecule has 0 aliphatic rings. The zero-order valence-electron chi connectivity index (χ0n) is 11.3. The molecule has 0 spiro atoms. The van der Waals surface area contributed by atoms with Crippen molar-refractivity contribution in [3.63, 3.8) is 0 Å². The van der Waals surface area contributed by atoms with Gasteiger partial charge in [0.05, 0.1) is 0 Å². The Morgan fingerprint density at radius 2 is 1.41 bits per heavy atom. The molecule has 0 atom stereocenters. The first-order valence-electron chi connectivity index (χ1n) is 5.88. The Kier molecular flexibility index (Phi) is 7.11. The van der Waals surface area contributed by atoms with Gasteiger partial charge in [-0.25, -0.2) is 0 Å². The molecule has 98 valence electrons.